The van der Waals surface area contributed by atoms with Crippen LogP contribution in [0.4, 0.5) is 0 Å². The first-order valence-corrected chi connectivity index (χ1v) is 13.3. The first-order valence-electron chi connectivity index (χ1n) is 11.3. The zero-order valence-corrected chi connectivity index (χ0v) is 21.9. The highest BCUT2D eigenvalue weighted by atomic mass is 32.2. The van der Waals surface area contributed by atoms with Crippen molar-refractivity contribution in [2.24, 2.45) is 11.7 Å². The minimum atomic E-state index is -1.26. The van der Waals surface area contributed by atoms with E-state index in [0.29, 0.717) is 24.2 Å². The number of thioether (sulfide) groups is 1. The fourth-order valence-electron chi connectivity index (χ4n) is 3.20. The van der Waals surface area contributed by atoms with E-state index in [1.54, 1.807) is 12.1 Å². The first kappa shape index (κ1) is 30.6. The van der Waals surface area contributed by atoms with Gasteiger partial charge in [-0.25, -0.2) is 4.79 Å². The number of amides is 3. The molecule has 0 saturated heterocycles. The number of hydrogen-bond acceptors (Lipinski definition) is 8. The summed E-state index contributed by atoms with van der Waals surface area (Å²) < 4.78 is 0. The van der Waals surface area contributed by atoms with Gasteiger partial charge in [-0.1, -0.05) is 26.0 Å². The molecule has 10 nitrogen and oxygen atoms in total. The summed E-state index contributed by atoms with van der Waals surface area (Å²) in [4.78, 5) is 49.8. The molecular weight excluding hydrogens is 492 g/mol. The Morgan fingerprint density at radius 2 is 1.51 bits per heavy atom. The lowest BCUT2D eigenvalue weighted by Gasteiger charge is -2.24. The predicted molar refractivity (Wildman–Crippen MR) is 140 cm³/mol. The van der Waals surface area contributed by atoms with E-state index in [1.807, 2.05) is 20.1 Å². The van der Waals surface area contributed by atoms with Crippen molar-refractivity contribution in [1.82, 2.24) is 16.0 Å². The number of rotatable bonds is 15. The molecule has 1 rings (SSSR count). The molecule has 0 fully saturated rings. The number of nitrogens with two attached hydrogens (primary N) is 1. The summed E-state index contributed by atoms with van der Waals surface area (Å²) in [5.74, 6) is -2.25. The third-order valence-corrected chi connectivity index (χ3v) is 6.12. The quantitative estimate of drug-likeness (QED) is 0.162. The second-order valence-corrected chi connectivity index (χ2v) is 9.94. The number of nitrogens with one attached hydrogen (secondary N) is 3. The molecule has 12 heteroatoms. The number of benzene rings is 1. The number of carbonyl (C=O) groups excluding carboxylic acids is 3. The summed E-state index contributed by atoms with van der Waals surface area (Å²) in [6.45, 7) is 3.88. The van der Waals surface area contributed by atoms with Crippen molar-refractivity contribution in [3.63, 3.8) is 0 Å². The molecule has 0 spiro atoms. The molecule has 196 valence electrons. The Morgan fingerprint density at radius 3 is 2.03 bits per heavy atom. The fourth-order valence-corrected chi connectivity index (χ4v) is 3.93. The second-order valence-electron chi connectivity index (χ2n) is 8.59. The van der Waals surface area contributed by atoms with Crippen LogP contribution >= 0.6 is 24.4 Å². The molecule has 0 radical (unpaired) electrons. The molecule has 0 heterocycles. The van der Waals surface area contributed by atoms with Crippen LogP contribution < -0.4 is 21.7 Å². The highest BCUT2D eigenvalue weighted by Crippen LogP contribution is 2.12. The second kappa shape index (κ2) is 15.5. The van der Waals surface area contributed by atoms with E-state index in [2.05, 4.69) is 28.6 Å². The number of aromatic hydroxyl groups is 1. The van der Waals surface area contributed by atoms with Gasteiger partial charge in [0.05, 0.1) is 6.04 Å². The molecule has 0 bridgehead atoms. The highest BCUT2D eigenvalue weighted by molar-refractivity contribution is 7.98. The smallest absolute Gasteiger partial charge is 0.326 e. The van der Waals surface area contributed by atoms with Crippen LogP contribution in [0.15, 0.2) is 24.3 Å². The average molecular weight is 529 g/mol. The van der Waals surface area contributed by atoms with Crippen LogP contribution in [0.1, 0.15) is 32.3 Å². The zero-order valence-electron chi connectivity index (χ0n) is 20.2. The van der Waals surface area contributed by atoms with E-state index in [-0.39, 0.29) is 23.8 Å². The summed E-state index contributed by atoms with van der Waals surface area (Å²) in [6, 6.07) is 1.90. The van der Waals surface area contributed by atoms with Gasteiger partial charge in [-0.15, -0.1) is 0 Å². The minimum Gasteiger partial charge on any atom is -0.508 e. The Labute approximate surface area is 215 Å². The SMILES string of the molecule is CSCCC(NC(=O)C(N)CC(C)C)C(=O)NC(CS)C(=O)NC(Cc1ccc(O)cc1)C(=O)O. The average Bonchev–Trinajstić information content (AvgIpc) is 2.79. The molecule has 0 aromatic heterocycles. The molecular formula is C23H36N4O6S2. The molecule has 0 aliphatic carbocycles. The lowest BCUT2D eigenvalue weighted by Crippen LogP contribution is -2.58. The van der Waals surface area contributed by atoms with Crippen molar-refractivity contribution in [2.45, 2.75) is 57.3 Å². The zero-order chi connectivity index (χ0) is 26.5. The van der Waals surface area contributed by atoms with Crippen LogP contribution in [0.2, 0.25) is 0 Å². The van der Waals surface area contributed by atoms with Crippen LogP contribution in [-0.2, 0) is 25.6 Å². The normalized spacial score (nSPS) is 14.5. The molecule has 0 aliphatic rings. The van der Waals surface area contributed by atoms with Gasteiger partial charge in [-0.3, -0.25) is 14.4 Å². The van der Waals surface area contributed by atoms with Crippen LogP contribution in [0, 0.1) is 5.92 Å². The number of carboxylic acid groups (broad SMARTS) is 1. The van der Waals surface area contributed by atoms with Gasteiger partial charge in [0.25, 0.3) is 0 Å². The Kier molecular flexibility index (Phi) is 13.6. The van der Waals surface area contributed by atoms with Gasteiger partial charge in [0, 0.05) is 12.2 Å². The van der Waals surface area contributed by atoms with Crippen molar-refractivity contribution in [3.8, 4) is 5.75 Å². The number of carboxylic acids is 1. The van der Waals surface area contributed by atoms with Gasteiger partial charge in [0.1, 0.15) is 23.9 Å². The molecule has 0 saturated carbocycles. The predicted octanol–water partition coefficient (Wildman–Crippen LogP) is 0.530. The molecule has 35 heavy (non-hydrogen) atoms. The van der Waals surface area contributed by atoms with E-state index in [9.17, 15) is 29.4 Å². The van der Waals surface area contributed by atoms with Gasteiger partial charge in [-0.2, -0.15) is 24.4 Å². The monoisotopic (exact) mass is 528 g/mol. The summed E-state index contributed by atoms with van der Waals surface area (Å²) in [6.07, 6.45) is 2.63. The summed E-state index contributed by atoms with van der Waals surface area (Å²) in [5.41, 5.74) is 6.53. The fraction of sp³-hybridized carbons (Fsp3) is 0.565. The van der Waals surface area contributed by atoms with Gasteiger partial charge >= 0.3 is 5.97 Å². The Balaban J connectivity index is 2.85. The van der Waals surface area contributed by atoms with Crippen molar-refractivity contribution >= 4 is 48.1 Å². The molecule has 0 aliphatic heterocycles. The lowest BCUT2D eigenvalue weighted by molar-refractivity contribution is -0.142. The van der Waals surface area contributed by atoms with E-state index in [0.717, 1.165) is 0 Å². The molecule has 1 aromatic carbocycles. The Bertz CT molecular complexity index is 853. The Hall–Kier alpha value is -2.44. The molecule has 4 unspecified atom stereocenters. The maximum absolute atomic E-state index is 12.9. The number of phenolic OH excluding ortho intramolecular Hbond substituents is 1. The summed E-state index contributed by atoms with van der Waals surface area (Å²) in [7, 11) is 0. The van der Waals surface area contributed by atoms with Crippen LogP contribution in [0.3, 0.4) is 0 Å². The molecule has 3 amide bonds. The number of carbonyl (C=O) groups is 4. The van der Waals surface area contributed by atoms with Crippen molar-refractivity contribution in [1.29, 1.82) is 0 Å². The van der Waals surface area contributed by atoms with Crippen molar-refractivity contribution < 1.29 is 29.4 Å². The standard InChI is InChI=1S/C23H36N4O6S2/c1-13(2)10-16(24)20(29)25-17(8-9-35-3)21(30)27-19(12-34)22(31)26-18(23(32)33)11-14-4-6-15(28)7-5-14/h4-7,13,16-19,28,34H,8-12,24H2,1-3H3,(H,25,29)(H,26,31)(H,27,30)(H,32,33). The van der Waals surface area contributed by atoms with Gasteiger partial charge in [0.2, 0.25) is 17.7 Å². The molecule has 4 atom stereocenters. The van der Waals surface area contributed by atoms with Crippen molar-refractivity contribution in [3.05, 3.63) is 29.8 Å². The van der Waals surface area contributed by atoms with Crippen molar-refractivity contribution in [2.75, 3.05) is 17.8 Å². The maximum Gasteiger partial charge on any atom is 0.326 e. The summed E-state index contributed by atoms with van der Waals surface area (Å²) >= 11 is 5.63. The largest absolute Gasteiger partial charge is 0.508 e. The highest BCUT2D eigenvalue weighted by Gasteiger charge is 2.29. The third-order valence-electron chi connectivity index (χ3n) is 5.11. The molecule has 1 aromatic rings. The lowest BCUT2D eigenvalue weighted by atomic mass is 10.0. The van der Waals surface area contributed by atoms with Crippen LogP contribution in [-0.4, -0.2) is 75.8 Å². The van der Waals surface area contributed by atoms with Crippen LogP contribution in [0.5, 0.6) is 5.75 Å². The van der Waals surface area contributed by atoms with Gasteiger partial charge in [0.15, 0.2) is 0 Å². The maximum atomic E-state index is 12.9. The molecule has 7 N–H and O–H groups in total. The van der Waals surface area contributed by atoms with Crippen LogP contribution in [0.25, 0.3) is 0 Å². The third kappa shape index (κ3) is 11.2. The number of hydrogen-bond donors (Lipinski definition) is 7. The van der Waals surface area contributed by atoms with E-state index in [4.69, 9.17) is 5.73 Å². The Morgan fingerprint density at radius 1 is 0.971 bits per heavy atom. The van der Waals surface area contributed by atoms with Gasteiger partial charge < -0.3 is 31.9 Å². The first-order chi connectivity index (χ1) is 16.5. The van der Waals surface area contributed by atoms with E-state index in [1.165, 1.54) is 23.9 Å². The number of phenols is 1. The topological polar surface area (TPSA) is 171 Å². The van der Waals surface area contributed by atoms with Gasteiger partial charge in [-0.05, 0) is 48.5 Å². The van der Waals surface area contributed by atoms with E-state index < -0.39 is 47.9 Å². The summed E-state index contributed by atoms with van der Waals surface area (Å²) in [5, 5.41) is 26.6. The number of thiol groups is 1. The number of aliphatic carboxylic acids is 1. The minimum absolute atomic E-state index is 0.0191. The van der Waals surface area contributed by atoms with E-state index >= 15 is 0 Å².